The highest BCUT2D eigenvalue weighted by Gasteiger charge is 2.19. The first-order valence-corrected chi connectivity index (χ1v) is 8.01. The summed E-state index contributed by atoms with van der Waals surface area (Å²) in [5, 5.41) is 0. The van der Waals surface area contributed by atoms with Gasteiger partial charge in [0.25, 0.3) is 0 Å². The van der Waals surface area contributed by atoms with Crippen molar-refractivity contribution in [2.75, 3.05) is 5.75 Å². The maximum Gasteiger partial charge on any atom is 0.128 e. The number of rotatable bonds is 5. The zero-order valence-electron chi connectivity index (χ0n) is 12.6. The Kier molecular flexibility index (Phi) is 5.39. The van der Waals surface area contributed by atoms with Gasteiger partial charge >= 0.3 is 0 Å². The highest BCUT2D eigenvalue weighted by atomic mass is 32.2. The third-order valence-electron chi connectivity index (χ3n) is 3.46. The third kappa shape index (κ3) is 3.64. The van der Waals surface area contributed by atoms with Gasteiger partial charge in [-0.2, -0.15) is 0 Å². The summed E-state index contributed by atoms with van der Waals surface area (Å²) >= 11 is 1.78. The molecular weight excluding hydrogens is 283 g/mol. The molecule has 0 bridgehead atoms. The standard InChI is InChI=1S/C17H21FN2S/c1-4-21-14-7-5-13(6-8-14)17(20-19)16-12(3)9-11(2)10-15(16)18/h5-10,17,20H,4,19H2,1-3H3. The number of hydrazine groups is 1. The van der Waals surface area contributed by atoms with Crippen LogP contribution in [0.5, 0.6) is 0 Å². The van der Waals surface area contributed by atoms with E-state index in [1.807, 2.05) is 32.0 Å². The molecule has 0 aliphatic rings. The summed E-state index contributed by atoms with van der Waals surface area (Å²) in [6.45, 7) is 5.92. The minimum absolute atomic E-state index is 0.220. The van der Waals surface area contributed by atoms with Crippen LogP contribution < -0.4 is 11.3 Å². The summed E-state index contributed by atoms with van der Waals surface area (Å²) in [5.41, 5.74) is 6.13. The number of benzene rings is 2. The Hall–Kier alpha value is -1.36. The lowest BCUT2D eigenvalue weighted by Gasteiger charge is -2.20. The molecule has 3 N–H and O–H groups in total. The second kappa shape index (κ2) is 7.07. The van der Waals surface area contributed by atoms with Crippen molar-refractivity contribution >= 4 is 11.8 Å². The largest absolute Gasteiger partial charge is 0.271 e. The molecule has 0 aliphatic heterocycles. The normalized spacial score (nSPS) is 12.4. The summed E-state index contributed by atoms with van der Waals surface area (Å²) < 4.78 is 14.3. The van der Waals surface area contributed by atoms with Crippen molar-refractivity contribution < 1.29 is 4.39 Å². The molecule has 4 heteroatoms. The molecule has 0 spiro atoms. The molecule has 1 unspecified atom stereocenters. The Morgan fingerprint density at radius 3 is 2.38 bits per heavy atom. The van der Waals surface area contributed by atoms with Crippen LogP contribution in [0.2, 0.25) is 0 Å². The molecule has 0 saturated carbocycles. The lowest BCUT2D eigenvalue weighted by atomic mass is 9.94. The van der Waals surface area contributed by atoms with Gasteiger partial charge in [0, 0.05) is 10.5 Å². The van der Waals surface area contributed by atoms with Gasteiger partial charge in [0.05, 0.1) is 6.04 Å². The molecule has 112 valence electrons. The van der Waals surface area contributed by atoms with E-state index in [-0.39, 0.29) is 11.9 Å². The molecule has 0 radical (unpaired) electrons. The molecular formula is C17H21FN2S. The van der Waals surface area contributed by atoms with E-state index >= 15 is 0 Å². The van der Waals surface area contributed by atoms with Crippen molar-refractivity contribution in [3.63, 3.8) is 0 Å². The van der Waals surface area contributed by atoms with Crippen molar-refractivity contribution in [3.8, 4) is 0 Å². The van der Waals surface area contributed by atoms with Gasteiger partial charge in [-0.3, -0.25) is 5.84 Å². The molecule has 0 amide bonds. The number of nitrogens with one attached hydrogen (secondary N) is 1. The molecule has 1 atom stereocenters. The van der Waals surface area contributed by atoms with E-state index in [0.717, 1.165) is 22.4 Å². The van der Waals surface area contributed by atoms with E-state index < -0.39 is 0 Å². The highest BCUT2D eigenvalue weighted by molar-refractivity contribution is 7.99. The number of nitrogens with two attached hydrogens (primary N) is 1. The molecule has 2 aromatic carbocycles. The SMILES string of the molecule is CCSc1ccc(C(NN)c2c(C)cc(C)cc2F)cc1. The molecule has 2 rings (SSSR count). The maximum atomic E-state index is 14.3. The first kappa shape index (κ1) is 16.0. The van der Waals surface area contributed by atoms with Gasteiger partial charge in [-0.1, -0.05) is 25.1 Å². The van der Waals surface area contributed by atoms with Crippen molar-refractivity contribution in [3.05, 3.63) is 64.5 Å². The van der Waals surface area contributed by atoms with Gasteiger partial charge < -0.3 is 0 Å². The maximum absolute atomic E-state index is 14.3. The van der Waals surface area contributed by atoms with Gasteiger partial charge in [-0.15, -0.1) is 11.8 Å². The van der Waals surface area contributed by atoms with E-state index in [2.05, 4.69) is 24.5 Å². The number of halogens is 1. The fourth-order valence-electron chi connectivity index (χ4n) is 2.56. The Balaban J connectivity index is 2.40. The van der Waals surface area contributed by atoms with Crippen LogP contribution in [0.4, 0.5) is 4.39 Å². The summed E-state index contributed by atoms with van der Waals surface area (Å²) in [5.74, 6) is 6.50. The van der Waals surface area contributed by atoms with E-state index in [0.29, 0.717) is 5.56 Å². The quantitative estimate of drug-likeness (QED) is 0.496. The van der Waals surface area contributed by atoms with E-state index in [1.165, 1.54) is 4.90 Å². The van der Waals surface area contributed by atoms with Crippen LogP contribution in [-0.4, -0.2) is 5.75 Å². The zero-order chi connectivity index (χ0) is 15.4. The topological polar surface area (TPSA) is 38.0 Å². The second-order valence-electron chi connectivity index (χ2n) is 5.08. The van der Waals surface area contributed by atoms with Crippen LogP contribution in [0.15, 0.2) is 41.3 Å². The molecule has 2 aromatic rings. The van der Waals surface area contributed by atoms with Crippen LogP contribution in [-0.2, 0) is 0 Å². The van der Waals surface area contributed by atoms with Gasteiger partial charge in [0.2, 0.25) is 0 Å². The molecule has 0 aromatic heterocycles. The predicted molar refractivity (Wildman–Crippen MR) is 87.9 cm³/mol. The minimum Gasteiger partial charge on any atom is -0.271 e. The lowest BCUT2D eigenvalue weighted by molar-refractivity contribution is 0.556. The van der Waals surface area contributed by atoms with Crippen LogP contribution >= 0.6 is 11.8 Å². The molecule has 21 heavy (non-hydrogen) atoms. The van der Waals surface area contributed by atoms with Crippen molar-refractivity contribution in [1.82, 2.24) is 5.43 Å². The van der Waals surface area contributed by atoms with Crippen LogP contribution in [0.1, 0.15) is 35.2 Å². The van der Waals surface area contributed by atoms with Crippen molar-refractivity contribution in [2.45, 2.75) is 31.7 Å². The molecule has 0 fully saturated rings. The molecule has 2 nitrogen and oxygen atoms in total. The number of hydrogen-bond acceptors (Lipinski definition) is 3. The summed E-state index contributed by atoms with van der Waals surface area (Å²) in [7, 11) is 0. The smallest absolute Gasteiger partial charge is 0.128 e. The van der Waals surface area contributed by atoms with Gasteiger partial charge in [0.15, 0.2) is 0 Å². The lowest BCUT2D eigenvalue weighted by Crippen LogP contribution is -2.30. The average Bonchev–Trinajstić information content (AvgIpc) is 2.44. The predicted octanol–water partition coefficient (Wildman–Crippen LogP) is 4.11. The van der Waals surface area contributed by atoms with Crippen LogP contribution in [0.3, 0.4) is 0 Å². The van der Waals surface area contributed by atoms with Crippen LogP contribution in [0.25, 0.3) is 0 Å². The summed E-state index contributed by atoms with van der Waals surface area (Å²) in [6.07, 6.45) is 0. The first-order valence-electron chi connectivity index (χ1n) is 7.02. The van der Waals surface area contributed by atoms with E-state index in [4.69, 9.17) is 5.84 Å². The fourth-order valence-corrected chi connectivity index (χ4v) is 3.22. The third-order valence-corrected chi connectivity index (χ3v) is 4.35. The summed E-state index contributed by atoms with van der Waals surface area (Å²) in [6, 6.07) is 11.3. The van der Waals surface area contributed by atoms with Gasteiger partial charge in [-0.25, -0.2) is 9.82 Å². The van der Waals surface area contributed by atoms with Crippen LogP contribution in [0, 0.1) is 19.7 Å². The number of thioether (sulfide) groups is 1. The van der Waals surface area contributed by atoms with Gasteiger partial charge in [-0.05, 0) is 54.5 Å². The molecule has 0 saturated heterocycles. The monoisotopic (exact) mass is 304 g/mol. The highest BCUT2D eigenvalue weighted by Crippen LogP contribution is 2.29. The summed E-state index contributed by atoms with van der Waals surface area (Å²) in [4.78, 5) is 1.21. The Labute approximate surface area is 129 Å². The Bertz CT molecular complexity index is 588. The average molecular weight is 304 g/mol. The first-order chi connectivity index (χ1) is 10.1. The second-order valence-corrected chi connectivity index (χ2v) is 6.42. The molecule has 0 aliphatic carbocycles. The number of aryl methyl sites for hydroxylation is 2. The zero-order valence-corrected chi connectivity index (χ0v) is 13.4. The van der Waals surface area contributed by atoms with Crippen molar-refractivity contribution in [1.29, 1.82) is 0 Å². The minimum atomic E-state index is -0.341. The number of hydrogen-bond donors (Lipinski definition) is 2. The van der Waals surface area contributed by atoms with E-state index in [1.54, 1.807) is 17.8 Å². The Morgan fingerprint density at radius 1 is 1.19 bits per heavy atom. The van der Waals surface area contributed by atoms with Gasteiger partial charge in [0.1, 0.15) is 5.82 Å². The molecule has 0 heterocycles. The fraction of sp³-hybridized carbons (Fsp3) is 0.294. The Morgan fingerprint density at radius 2 is 1.86 bits per heavy atom. The van der Waals surface area contributed by atoms with Crippen molar-refractivity contribution in [2.24, 2.45) is 5.84 Å². The van der Waals surface area contributed by atoms with E-state index in [9.17, 15) is 4.39 Å².